The number of aromatic nitrogens is 2. The van der Waals surface area contributed by atoms with Gasteiger partial charge in [0.2, 0.25) is 0 Å². The van der Waals surface area contributed by atoms with Gasteiger partial charge in [0.1, 0.15) is 5.69 Å². The van der Waals surface area contributed by atoms with E-state index in [0.29, 0.717) is 18.2 Å². The van der Waals surface area contributed by atoms with E-state index in [2.05, 4.69) is 15.5 Å². The molecule has 0 saturated heterocycles. The average molecular weight is 259 g/mol. The van der Waals surface area contributed by atoms with E-state index >= 15 is 0 Å². The maximum Gasteiger partial charge on any atom is 0.272 e. The van der Waals surface area contributed by atoms with Gasteiger partial charge in [-0.15, -0.1) is 12.4 Å². The smallest absolute Gasteiger partial charge is 0.272 e. The number of amides is 1. The van der Waals surface area contributed by atoms with Crippen LogP contribution in [0.25, 0.3) is 0 Å². The SMILES string of the molecule is CCc1cc(C(=O)NC(CN)C2CC2)n[nH]1.Cl. The molecule has 1 unspecified atom stereocenters. The van der Waals surface area contributed by atoms with Gasteiger partial charge in [0.25, 0.3) is 5.91 Å². The highest BCUT2D eigenvalue weighted by Gasteiger charge is 2.31. The summed E-state index contributed by atoms with van der Waals surface area (Å²) < 4.78 is 0. The van der Waals surface area contributed by atoms with Crippen LogP contribution in [-0.4, -0.2) is 28.7 Å². The highest BCUT2D eigenvalue weighted by molar-refractivity contribution is 5.92. The third kappa shape index (κ3) is 3.44. The zero-order chi connectivity index (χ0) is 11.5. The molecular weight excluding hydrogens is 240 g/mol. The van der Waals surface area contributed by atoms with Gasteiger partial charge in [-0.3, -0.25) is 9.89 Å². The number of nitrogens with zero attached hydrogens (tertiary/aromatic N) is 1. The Balaban J connectivity index is 0.00000144. The normalized spacial score (nSPS) is 16.1. The van der Waals surface area contributed by atoms with Gasteiger partial charge in [-0.25, -0.2) is 0 Å². The number of aromatic amines is 1. The lowest BCUT2D eigenvalue weighted by atomic mass is 10.2. The summed E-state index contributed by atoms with van der Waals surface area (Å²) in [6, 6.07) is 1.89. The van der Waals surface area contributed by atoms with Crippen molar-refractivity contribution in [2.24, 2.45) is 11.7 Å². The lowest BCUT2D eigenvalue weighted by Crippen LogP contribution is -2.41. The summed E-state index contributed by atoms with van der Waals surface area (Å²) >= 11 is 0. The summed E-state index contributed by atoms with van der Waals surface area (Å²) in [6.45, 7) is 2.52. The summed E-state index contributed by atoms with van der Waals surface area (Å²) in [5, 5.41) is 9.74. The number of halogens is 1. The number of carbonyl (C=O) groups is 1. The Hall–Kier alpha value is -1.07. The summed E-state index contributed by atoms with van der Waals surface area (Å²) in [6.07, 6.45) is 3.19. The lowest BCUT2D eigenvalue weighted by molar-refractivity contribution is 0.0928. The van der Waals surface area contributed by atoms with Gasteiger partial charge < -0.3 is 11.1 Å². The second-order valence-corrected chi connectivity index (χ2v) is 4.29. The highest BCUT2D eigenvalue weighted by atomic mass is 35.5. The fourth-order valence-electron chi connectivity index (χ4n) is 1.77. The molecule has 5 nitrogen and oxygen atoms in total. The van der Waals surface area contributed by atoms with Crippen LogP contribution in [0.3, 0.4) is 0 Å². The quantitative estimate of drug-likeness (QED) is 0.733. The fourth-order valence-corrected chi connectivity index (χ4v) is 1.77. The van der Waals surface area contributed by atoms with E-state index in [0.717, 1.165) is 12.1 Å². The molecule has 1 amide bonds. The minimum atomic E-state index is -0.127. The van der Waals surface area contributed by atoms with E-state index in [4.69, 9.17) is 5.73 Å². The third-order valence-electron chi connectivity index (χ3n) is 3.01. The Morgan fingerprint density at radius 2 is 2.41 bits per heavy atom. The monoisotopic (exact) mass is 258 g/mol. The van der Waals surface area contributed by atoms with Crippen molar-refractivity contribution in [2.45, 2.75) is 32.2 Å². The molecule has 4 N–H and O–H groups in total. The van der Waals surface area contributed by atoms with Crippen molar-refractivity contribution in [3.63, 3.8) is 0 Å². The number of hydrogen-bond donors (Lipinski definition) is 3. The number of nitrogens with two attached hydrogens (primary N) is 1. The van der Waals surface area contributed by atoms with Gasteiger partial charge in [0, 0.05) is 18.3 Å². The van der Waals surface area contributed by atoms with E-state index in [-0.39, 0.29) is 24.4 Å². The van der Waals surface area contributed by atoms with Crippen LogP contribution in [-0.2, 0) is 6.42 Å². The van der Waals surface area contributed by atoms with Gasteiger partial charge >= 0.3 is 0 Å². The molecule has 0 radical (unpaired) electrons. The molecule has 1 aromatic rings. The average Bonchev–Trinajstić information content (AvgIpc) is 3.02. The van der Waals surface area contributed by atoms with E-state index in [1.807, 2.05) is 6.92 Å². The van der Waals surface area contributed by atoms with E-state index in [1.54, 1.807) is 6.07 Å². The zero-order valence-corrected chi connectivity index (χ0v) is 10.7. The Kier molecular flexibility index (Phi) is 4.96. The third-order valence-corrected chi connectivity index (χ3v) is 3.01. The summed E-state index contributed by atoms with van der Waals surface area (Å²) in [7, 11) is 0. The molecule has 0 aromatic carbocycles. The fraction of sp³-hybridized carbons (Fsp3) is 0.636. The van der Waals surface area contributed by atoms with Crippen molar-refractivity contribution in [1.29, 1.82) is 0 Å². The number of hydrogen-bond acceptors (Lipinski definition) is 3. The molecular formula is C11H19ClN4O. The minimum absolute atomic E-state index is 0. The number of aryl methyl sites for hydroxylation is 1. The number of carbonyl (C=O) groups excluding carboxylic acids is 1. The summed E-state index contributed by atoms with van der Waals surface area (Å²) in [5.41, 5.74) is 7.06. The predicted molar refractivity (Wildman–Crippen MR) is 68.2 cm³/mol. The number of H-pyrrole nitrogens is 1. The molecule has 1 aromatic heterocycles. The number of rotatable bonds is 5. The van der Waals surface area contributed by atoms with Crippen molar-refractivity contribution in [2.75, 3.05) is 6.54 Å². The van der Waals surface area contributed by atoms with Crippen LogP contribution < -0.4 is 11.1 Å². The van der Waals surface area contributed by atoms with Crippen LogP contribution in [0.5, 0.6) is 0 Å². The van der Waals surface area contributed by atoms with Crippen LogP contribution in [0, 0.1) is 5.92 Å². The van der Waals surface area contributed by atoms with Crippen LogP contribution >= 0.6 is 12.4 Å². The van der Waals surface area contributed by atoms with Gasteiger partial charge in [-0.1, -0.05) is 6.92 Å². The first-order valence-electron chi connectivity index (χ1n) is 5.79. The zero-order valence-electron chi connectivity index (χ0n) is 9.90. The molecule has 1 atom stereocenters. The molecule has 6 heteroatoms. The predicted octanol–water partition coefficient (Wildman–Crippen LogP) is 0.861. The van der Waals surface area contributed by atoms with Gasteiger partial charge in [-0.2, -0.15) is 5.10 Å². The lowest BCUT2D eigenvalue weighted by Gasteiger charge is -2.14. The molecule has 96 valence electrons. The van der Waals surface area contributed by atoms with Gasteiger partial charge in [0.15, 0.2) is 0 Å². The van der Waals surface area contributed by atoms with Crippen molar-refractivity contribution >= 4 is 18.3 Å². The van der Waals surface area contributed by atoms with Crippen molar-refractivity contribution in [1.82, 2.24) is 15.5 Å². The molecule has 0 bridgehead atoms. The van der Waals surface area contributed by atoms with Crippen LogP contribution in [0.2, 0.25) is 0 Å². The Bertz CT molecular complexity index is 375. The van der Waals surface area contributed by atoms with Gasteiger partial charge in [0.05, 0.1) is 0 Å². The van der Waals surface area contributed by atoms with Crippen molar-refractivity contribution in [3.8, 4) is 0 Å². The van der Waals surface area contributed by atoms with Crippen LogP contribution in [0.15, 0.2) is 6.07 Å². The first kappa shape index (κ1) is 14.0. The minimum Gasteiger partial charge on any atom is -0.346 e. The molecule has 17 heavy (non-hydrogen) atoms. The maximum atomic E-state index is 11.8. The van der Waals surface area contributed by atoms with Crippen molar-refractivity contribution in [3.05, 3.63) is 17.5 Å². The largest absolute Gasteiger partial charge is 0.346 e. The first-order valence-corrected chi connectivity index (χ1v) is 5.79. The molecule has 1 heterocycles. The van der Waals surface area contributed by atoms with E-state index in [9.17, 15) is 4.79 Å². The van der Waals surface area contributed by atoms with Crippen LogP contribution in [0.1, 0.15) is 35.9 Å². The topological polar surface area (TPSA) is 83.8 Å². The molecule has 1 aliphatic carbocycles. The Morgan fingerprint density at radius 3 is 2.88 bits per heavy atom. The number of nitrogens with one attached hydrogen (secondary N) is 2. The second-order valence-electron chi connectivity index (χ2n) is 4.29. The standard InChI is InChI=1S/C11H18N4O.ClH/c1-2-8-5-9(15-14-8)11(16)13-10(6-12)7-3-4-7;/h5,7,10H,2-4,6,12H2,1H3,(H,13,16)(H,14,15);1H. The molecule has 2 rings (SSSR count). The Morgan fingerprint density at radius 1 is 1.71 bits per heavy atom. The first-order chi connectivity index (χ1) is 7.74. The molecule has 0 spiro atoms. The molecule has 0 aliphatic heterocycles. The second kappa shape index (κ2) is 6.02. The molecule has 1 aliphatic rings. The molecule has 1 saturated carbocycles. The maximum absolute atomic E-state index is 11.8. The summed E-state index contributed by atoms with van der Waals surface area (Å²) in [4.78, 5) is 11.8. The molecule has 1 fully saturated rings. The van der Waals surface area contributed by atoms with E-state index < -0.39 is 0 Å². The van der Waals surface area contributed by atoms with Gasteiger partial charge in [-0.05, 0) is 31.2 Å². The highest BCUT2D eigenvalue weighted by Crippen LogP contribution is 2.32. The van der Waals surface area contributed by atoms with Crippen molar-refractivity contribution < 1.29 is 4.79 Å². The van der Waals surface area contributed by atoms with E-state index in [1.165, 1.54) is 12.8 Å². The Labute approximate surface area is 107 Å². The van der Waals surface area contributed by atoms with Crippen LogP contribution in [0.4, 0.5) is 0 Å². The summed E-state index contributed by atoms with van der Waals surface area (Å²) in [5.74, 6) is 0.442.